The number of hydrogen-bond donors (Lipinski definition) is 0. The Morgan fingerprint density at radius 2 is 1.06 bits per heavy atom. The molecule has 0 unspecified atom stereocenters. The van der Waals surface area contributed by atoms with Gasteiger partial charge in [0.2, 0.25) is 0 Å². The van der Waals surface area contributed by atoms with Crippen LogP contribution in [0.3, 0.4) is 0 Å². The van der Waals surface area contributed by atoms with Crippen molar-refractivity contribution in [2.24, 2.45) is 11.3 Å². The summed E-state index contributed by atoms with van der Waals surface area (Å²) >= 11 is 0. The third-order valence-electron chi connectivity index (χ3n) is 1.73. The van der Waals surface area contributed by atoms with Crippen molar-refractivity contribution in [3.63, 3.8) is 0 Å². The Hall–Kier alpha value is 1.10. The van der Waals surface area contributed by atoms with Crippen LogP contribution in [0.15, 0.2) is 0 Å². The molecule has 1 saturated carbocycles. The summed E-state index contributed by atoms with van der Waals surface area (Å²) in [5.41, 5.74) is 0.500. The van der Waals surface area contributed by atoms with Gasteiger partial charge in [-0.3, -0.25) is 0 Å². The van der Waals surface area contributed by atoms with Crippen LogP contribution in [0.1, 0.15) is 88.0 Å². The molecule has 0 aromatic carbocycles. The second-order valence-corrected chi connectivity index (χ2v) is 5.55. The van der Waals surface area contributed by atoms with E-state index in [0.717, 1.165) is 5.92 Å². The van der Waals surface area contributed by atoms with Gasteiger partial charge < -0.3 is 6.42 Å². The molecule has 0 aromatic rings. The van der Waals surface area contributed by atoms with E-state index in [9.17, 15) is 0 Å². The molecule has 0 bridgehead atoms. The normalized spacial score (nSPS) is 14.6. The van der Waals surface area contributed by atoms with Gasteiger partial charge in [-0.2, -0.15) is 12.8 Å². The summed E-state index contributed by atoms with van der Waals surface area (Å²) in [7, 11) is 0. The third-order valence-corrected chi connectivity index (χ3v) is 1.73. The van der Waals surface area contributed by atoms with E-state index in [1.165, 1.54) is 25.7 Å². The number of hydrogen-bond acceptors (Lipinski definition) is 0. The Morgan fingerprint density at radius 3 is 1.18 bits per heavy atom. The van der Waals surface area contributed by atoms with E-state index in [4.69, 9.17) is 0 Å². The molecule has 0 heterocycles. The van der Waals surface area contributed by atoms with Crippen molar-refractivity contribution in [1.29, 1.82) is 0 Å². The first-order valence-corrected chi connectivity index (χ1v) is 7.21. The van der Waals surface area contributed by atoms with Crippen LogP contribution >= 0.6 is 0 Å². The number of rotatable bonds is 0. The van der Waals surface area contributed by atoms with Crippen LogP contribution < -0.4 is 0 Å². The molecule has 0 aromatic heterocycles. The molecular weight excluding hydrogens is 281 g/mol. The van der Waals surface area contributed by atoms with Crippen LogP contribution in [0.5, 0.6) is 0 Å². The first-order chi connectivity index (χ1) is 7.39. The quantitative estimate of drug-likeness (QED) is 0.447. The Kier molecular flexibility index (Phi) is 30.5. The van der Waals surface area contributed by atoms with E-state index < -0.39 is 0 Å². The summed E-state index contributed by atoms with van der Waals surface area (Å²) in [5, 5.41) is 0. The molecular formula is C16H37Y-. The van der Waals surface area contributed by atoms with E-state index in [0.29, 0.717) is 5.41 Å². The summed E-state index contributed by atoms with van der Waals surface area (Å²) in [6.07, 6.45) is 7.99. The molecule has 0 nitrogen and oxygen atoms in total. The molecule has 1 aliphatic carbocycles. The van der Waals surface area contributed by atoms with Crippen LogP contribution in [-0.2, 0) is 32.7 Å². The zero-order valence-corrected chi connectivity index (χ0v) is 16.9. The maximum absolute atomic E-state index is 2.40. The Balaban J connectivity index is -0.0000000758. The van der Waals surface area contributed by atoms with Gasteiger partial charge in [-0.15, -0.1) is 0 Å². The molecule has 0 amide bonds. The SMILES string of the molecule is CC.CC.CC(C)(C)C.CC1CC[CH-]CC1.[Y]. The van der Waals surface area contributed by atoms with Crippen molar-refractivity contribution < 1.29 is 32.7 Å². The van der Waals surface area contributed by atoms with Gasteiger partial charge in [-0.05, 0) is 11.3 Å². The van der Waals surface area contributed by atoms with Gasteiger partial charge in [0.05, 0.1) is 0 Å². The molecule has 0 saturated heterocycles. The first-order valence-electron chi connectivity index (χ1n) is 7.21. The van der Waals surface area contributed by atoms with Crippen molar-refractivity contribution in [2.75, 3.05) is 0 Å². The molecule has 0 atom stereocenters. The first kappa shape index (κ1) is 26.6. The van der Waals surface area contributed by atoms with Gasteiger partial charge in [0.25, 0.3) is 0 Å². The Morgan fingerprint density at radius 1 is 0.824 bits per heavy atom. The summed E-state index contributed by atoms with van der Waals surface area (Å²) in [6.45, 7) is 19.1. The van der Waals surface area contributed by atoms with Gasteiger partial charge >= 0.3 is 0 Å². The van der Waals surface area contributed by atoms with E-state index in [1.807, 2.05) is 27.7 Å². The molecule has 105 valence electrons. The van der Waals surface area contributed by atoms with E-state index >= 15 is 0 Å². The van der Waals surface area contributed by atoms with Crippen LogP contribution in [0, 0.1) is 17.8 Å². The smallest absolute Gasteiger partial charge is 0 e. The average Bonchev–Trinajstić information content (AvgIpc) is 2.22. The van der Waals surface area contributed by atoms with Gasteiger partial charge in [0.15, 0.2) is 0 Å². The van der Waals surface area contributed by atoms with Crippen molar-refractivity contribution in [3.8, 4) is 0 Å². The van der Waals surface area contributed by atoms with E-state index in [2.05, 4.69) is 41.0 Å². The van der Waals surface area contributed by atoms with Crippen molar-refractivity contribution in [2.45, 2.75) is 88.0 Å². The van der Waals surface area contributed by atoms with Crippen LogP contribution in [-0.4, -0.2) is 0 Å². The van der Waals surface area contributed by atoms with Crippen LogP contribution in [0.4, 0.5) is 0 Å². The maximum atomic E-state index is 2.40. The maximum Gasteiger partial charge on any atom is 0 e. The zero-order valence-electron chi connectivity index (χ0n) is 14.1. The van der Waals surface area contributed by atoms with Crippen LogP contribution in [0.25, 0.3) is 0 Å². The standard InChI is InChI=1S/C7H13.C5H12.2C2H6.Y/c1-7-5-3-2-4-6-7;1-5(2,3)4;2*1-2;/h2,7H,3-6H2,1H3;1-4H3;2*1-2H3;/q-1;;;;. The molecule has 17 heavy (non-hydrogen) atoms. The third kappa shape index (κ3) is 47.1. The average molecular weight is 318 g/mol. The predicted octanol–water partition coefficient (Wildman–Crippen LogP) is 6.50. The van der Waals surface area contributed by atoms with Gasteiger partial charge in [-0.25, -0.2) is 0 Å². The molecule has 0 aliphatic heterocycles. The van der Waals surface area contributed by atoms with Gasteiger partial charge in [0, 0.05) is 32.7 Å². The molecule has 0 spiro atoms. The fourth-order valence-electron chi connectivity index (χ4n) is 1.09. The van der Waals surface area contributed by atoms with E-state index in [-0.39, 0.29) is 32.7 Å². The minimum absolute atomic E-state index is 0. The summed E-state index contributed by atoms with van der Waals surface area (Å²) in [6, 6.07) is 0. The van der Waals surface area contributed by atoms with Crippen molar-refractivity contribution in [3.05, 3.63) is 6.42 Å². The molecule has 1 aliphatic rings. The molecule has 1 heteroatoms. The predicted molar refractivity (Wildman–Crippen MR) is 79.8 cm³/mol. The Labute approximate surface area is 138 Å². The van der Waals surface area contributed by atoms with Gasteiger partial charge in [-0.1, -0.05) is 75.2 Å². The van der Waals surface area contributed by atoms with Crippen LogP contribution in [0.2, 0.25) is 0 Å². The second kappa shape index (κ2) is 19.4. The molecule has 0 N–H and O–H groups in total. The van der Waals surface area contributed by atoms with Crippen molar-refractivity contribution >= 4 is 0 Å². The summed E-state index contributed by atoms with van der Waals surface area (Å²) < 4.78 is 0. The largest absolute Gasteiger partial charge is 0.328 e. The van der Waals surface area contributed by atoms with Crippen molar-refractivity contribution in [1.82, 2.24) is 0 Å². The molecule has 1 fully saturated rings. The van der Waals surface area contributed by atoms with E-state index in [1.54, 1.807) is 0 Å². The fraction of sp³-hybridized carbons (Fsp3) is 0.938. The zero-order chi connectivity index (χ0) is 13.6. The second-order valence-electron chi connectivity index (χ2n) is 5.55. The monoisotopic (exact) mass is 318 g/mol. The molecule has 1 radical (unpaired) electrons. The summed E-state index contributed by atoms with van der Waals surface area (Å²) in [4.78, 5) is 0. The van der Waals surface area contributed by atoms with Gasteiger partial charge in [0.1, 0.15) is 0 Å². The fourth-order valence-corrected chi connectivity index (χ4v) is 1.09. The summed E-state index contributed by atoms with van der Waals surface area (Å²) in [5.74, 6) is 1.00. The Bertz CT molecular complexity index is 90.6. The minimum atomic E-state index is 0. The topological polar surface area (TPSA) is 0 Å². The minimum Gasteiger partial charge on any atom is -0.328 e. The molecule has 1 rings (SSSR count).